The number of nitrogens with zero attached hydrogens (tertiary/aromatic N) is 1. The number of hydrogen-bond acceptors (Lipinski definition) is 10. The average Bonchev–Trinajstić information content (AvgIpc) is 3.08. The van der Waals surface area contributed by atoms with Crippen LogP contribution in [0.1, 0.15) is 115 Å². The lowest BCUT2D eigenvalue weighted by molar-refractivity contribution is -0.255. The fourth-order valence-corrected chi connectivity index (χ4v) is 5.14. The number of carbonyl (C=O) groups excluding carboxylic acids is 3. The molecule has 2 fully saturated rings. The number of aliphatic hydroxyl groups is 1. The first-order valence-corrected chi connectivity index (χ1v) is 17.1. The summed E-state index contributed by atoms with van der Waals surface area (Å²) in [5.41, 5.74) is -2.34. The highest BCUT2D eigenvalue weighted by Gasteiger charge is 2.45. The number of Topliss-reactive ketones (excluding diaryl/α,β-unsaturated/α-hetero) is 1. The summed E-state index contributed by atoms with van der Waals surface area (Å²) in [5.74, 6) is -3.14. The van der Waals surface area contributed by atoms with E-state index in [0.29, 0.717) is 13.0 Å². The molecule has 2 N–H and O–H groups in total. The number of ether oxygens (including phenoxy) is 5. The molecule has 0 bridgehead atoms. The van der Waals surface area contributed by atoms with Gasteiger partial charge in [-0.05, 0) is 81.3 Å². The van der Waals surface area contributed by atoms with Crippen molar-refractivity contribution in [3.63, 3.8) is 0 Å². The van der Waals surface area contributed by atoms with Crippen LogP contribution < -0.4 is 5.32 Å². The molecule has 0 aromatic carbocycles. The van der Waals surface area contributed by atoms with Crippen molar-refractivity contribution in [2.75, 3.05) is 27.3 Å². The van der Waals surface area contributed by atoms with Crippen LogP contribution in [0.25, 0.3) is 0 Å². The second-order valence-electron chi connectivity index (χ2n) is 13.3. The maximum absolute atomic E-state index is 13.6. The third-order valence-corrected chi connectivity index (χ3v) is 7.87. The van der Waals surface area contributed by atoms with Gasteiger partial charge in [0.05, 0.1) is 18.3 Å². The van der Waals surface area contributed by atoms with Crippen LogP contribution in [0.2, 0.25) is 0 Å². The van der Waals surface area contributed by atoms with Crippen LogP contribution in [0.4, 0.5) is 0 Å². The van der Waals surface area contributed by atoms with Gasteiger partial charge in [0.1, 0.15) is 30.5 Å². The summed E-state index contributed by atoms with van der Waals surface area (Å²) >= 11 is 0. The predicted octanol–water partition coefficient (Wildman–Crippen LogP) is 5.58. The van der Waals surface area contributed by atoms with Crippen LogP contribution in [0, 0.1) is 17.8 Å². The number of ketones is 1. The number of esters is 1. The smallest absolute Gasteiger partial charge is 0.316 e. The van der Waals surface area contributed by atoms with Gasteiger partial charge >= 0.3 is 5.97 Å². The zero-order valence-corrected chi connectivity index (χ0v) is 31.2. The van der Waals surface area contributed by atoms with E-state index >= 15 is 0 Å². The molecular formula is C35H66N2O9. The Morgan fingerprint density at radius 2 is 1.67 bits per heavy atom. The van der Waals surface area contributed by atoms with Gasteiger partial charge in [0.15, 0.2) is 12.1 Å². The van der Waals surface area contributed by atoms with Crippen LogP contribution in [0.15, 0.2) is 12.1 Å². The molecule has 2 aliphatic heterocycles. The van der Waals surface area contributed by atoms with Gasteiger partial charge in [-0.1, -0.05) is 41.5 Å². The van der Waals surface area contributed by atoms with Crippen molar-refractivity contribution in [3.05, 3.63) is 12.1 Å². The van der Waals surface area contributed by atoms with Gasteiger partial charge in [-0.15, -0.1) is 0 Å². The van der Waals surface area contributed by atoms with Crippen LogP contribution in [0.5, 0.6) is 0 Å². The van der Waals surface area contributed by atoms with Crippen molar-refractivity contribution in [2.45, 2.75) is 151 Å². The first-order valence-electron chi connectivity index (χ1n) is 17.1. The maximum Gasteiger partial charge on any atom is 0.316 e. The molecule has 0 aromatic rings. The number of rotatable bonds is 12. The van der Waals surface area contributed by atoms with E-state index < -0.39 is 41.4 Å². The molecule has 2 rings (SSSR count). The monoisotopic (exact) mass is 658 g/mol. The number of amides is 1. The molecule has 0 spiro atoms. The van der Waals surface area contributed by atoms with Gasteiger partial charge in [-0.25, -0.2) is 0 Å². The third-order valence-electron chi connectivity index (χ3n) is 7.87. The summed E-state index contributed by atoms with van der Waals surface area (Å²) in [6.07, 6.45) is 3.73. The van der Waals surface area contributed by atoms with Crippen molar-refractivity contribution in [2.24, 2.45) is 17.8 Å². The van der Waals surface area contributed by atoms with Crippen molar-refractivity contribution >= 4 is 17.7 Å². The first kappa shape index (κ1) is 43.8. The quantitative estimate of drug-likeness (QED) is 0.156. The lowest BCUT2D eigenvalue weighted by Gasteiger charge is -2.43. The van der Waals surface area contributed by atoms with E-state index in [4.69, 9.17) is 23.7 Å². The Balaban J connectivity index is 0.00000486. The van der Waals surface area contributed by atoms with Gasteiger partial charge in [0.2, 0.25) is 11.8 Å². The van der Waals surface area contributed by atoms with E-state index in [-0.39, 0.29) is 42.2 Å². The number of carbonyl (C=O) groups is 3. The fraction of sp³-hybridized carbons (Fsp3) is 0.857. The van der Waals surface area contributed by atoms with Crippen molar-refractivity contribution in [1.82, 2.24) is 10.2 Å². The van der Waals surface area contributed by atoms with Crippen LogP contribution in [-0.2, 0) is 38.1 Å². The van der Waals surface area contributed by atoms with E-state index in [1.807, 2.05) is 55.6 Å². The fourth-order valence-electron chi connectivity index (χ4n) is 5.14. The summed E-state index contributed by atoms with van der Waals surface area (Å²) in [4.78, 5) is 41.1. The van der Waals surface area contributed by atoms with Crippen LogP contribution in [0.3, 0.4) is 0 Å². The molecule has 1 amide bonds. The van der Waals surface area contributed by atoms with E-state index in [9.17, 15) is 19.5 Å². The minimum absolute atomic E-state index is 0.0610. The van der Waals surface area contributed by atoms with E-state index in [2.05, 4.69) is 10.2 Å². The summed E-state index contributed by atoms with van der Waals surface area (Å²) in [7, 11) is 4.02. The molecule has 5 unspecified atom stereocenters. The molecule has 2 heterocycles. The largest absolute Gasteiger partial charge is 0.487 e. The van der Waals surface area contributed by atoms with Gasteiger partial charge < -0.3 is 33.7 Å². The first-order chi connectivity index (χ1) is 21.4. The van der Waals surface area contributed by atoms with Crippen LogP contribution in [-0.4, -0.2) is 90.7 Å². The second kappa shape index (κ2) is 20.9. The van der Waals surface area contributed by atoms with E-state index in [0.717, 1.165) is 25.7 Å². The molecule has 11 heteroatoms. The Labute approximate surface area is 279 Å². The molecule has 2 aliphatic rings. The second-order valence-corrected chi connectivity index (χ2v) is 13.3. The SMILES string of the molecule is CC.CC.CC1CC(N(C)C)CC(O[C@H]([C@@H](C)C(=O)C(C)C(=O)OCC(C)(C)O)C(C)(C)O/C=C2/NC(=O)C(C)CCCCO2)O1. The van der Waals surface area contributed by atoms with Gasteiger partial charge in [0, 0.05) is 24.3 Å². The Morgan fingerprint density at radius 3 is 2.24 bits per heavy atom. The summed E-state index contributed by atoms with van der Waals surface area (Å²) in [6.45, 7) is 21.8. The molecule has 270 valence electrons. The molecule has 0 aliphatic carbocycles. The molecule has 2 saturated heterocycles. The summed E-state index contributed by atoms with van der Waals surface area (Å²) < 4.78 is 29.9. The average molecular weight is 659 g/mol. The Hall–Kier alpha value is -2.21. The van der Waals surface area contributed by atoms with Gasteiger partial charge in [-0.3, -0.25) is 19.7 Å². The Bertz CT molecular complexity index is 945. The van der Waals surface area contributed by atoms with Crippen molar-refractivity contribution in [3.8, 4) is 0 Å². The zero-order chi connectivity index (χ0) is 35.8. The topological polar surface area (TPSA) is 133 Å². The van der Waals surface area contributed by atoms with E-state index in [1.54, 1.807) is 20.8 Å². The number of nitrogens with one attached hydrogen (secondary N) is 1. The maximum atomic E-state index is 13.6. The van der Waals surface area contributed by atoms with Crippen molar-refractivity contribution in [1.29, 1.82) is 0 Å². The Kier molecular flexibility index (Phi) is 19.9. The van der Waals surface area contributed by atoms with Crippen LogP contribution >= 0.6 is 0 Å². The zero-order valence-electron chi connectivity index (χ0n) is 31.2. The number of hydrogen-bond donors (Lipinski definition) is 2. The molecular weight excluding hydrogens is 592 g/mol. The molecule has 11 nitrogen and oxygen atoms in total. The highest BCUT2D eigenvalue weighted by Crippen LogP contribution is 2.33. The van der Waals surface area contributed by atoms with Gasteiger partial charge in [-0.2, -0.15) is 0 Å². The third kappa shape index (κ3) is 15.1. The molecule has 0 aromatic heterocycles. The lowest BCUT2D eigenvalue weighted by Crippen LogP contribution is -2.52. The summed E-state index contributed by atoms with van der Waals surface area (Å²) in [5, 5.41) is 12.7. The molecule has 0 radical (unpaired) electrons. The highest BCUT2D eigenvalue weighted by molar-refractivity contribution is 5.99. The Morgan fingerprint density at radius 1 is 1.07 bits per heavy atom. The highest BCUT2D eigenvalue weighted by atomic mass is 16.7. The minimum atomic E-state index is -1.22. The van der Waals surface area contributed by atoms with Crippen molar-refractivity contribution < 1.29 is 43.2 Å². The molecule has 46 heavy (non-hydrogen) atoms. The minimum Gasteiger partial charge on any atom is -0.487 e. The van der Waals surface area contributed by atoms with E-state index in [1.165, 1.54) is 27.0 Å². The molecule has 0 saturated carbocycles. The summed E-state index contributed by atoms with van der Waals surface area (Å²) in [6, 6.07) is 0.219. The predicted molar refractivity (Wildman–Crippen MR) is 180 cm³/mol. The lowest BCUT2D eigenvalue weighted by atomic mass is 9.83. The van der Waals surface area contributed by atoms with Gasteiger partial charge in [0.25, 0.3) is 0 Å². The standard InChI is InChI=1S/C31H54N2O9.2C2H6/c1-19-13-11-12-14-38-24(32-28(19)35)17-40-31(7,8)27(42-25-16-23(33(9)10)15-20(2)41-25)21(3)26(34)22(4)29(36)39-18-30(5,6)37;2*1-2/h17,19-23,25,27,37H,11-16,18H2,1-10H3,(H,32,35);2*1-2H3/b24-17-;;/t19?,20?,21-,22?,23?,25?,27+;;/m0../s1. The normalized spacial score (nSPS) is 25.4. The molecule has 7 atom stereocenters.